The van der Waals surface area contributed by atoms with Gasteiger partial charge in [0.05, 0.1) is 0 Å². The van der Waals surface area contributed by atoms with Crippen molar-refractivity contribution in [1.29, 1.82) is 0 Å². The number of nitrogens with zero attached hydrogens (tertiary/aromatic N) is 2. The topological polar surface area (TPSA) is 90.0 Å². The van der Waals surface area contributed by atoms with Crippen molar-refractivity contribution in [2.24, 2.45) is 0 Å². The zero-order valence-corrected chi connectivity index (χ0v) is 16.9. The number of amides is 2. The molecule has 1 saturated heterocycles. The van der Waals surface area contributed by atoms with Gasteiger partial charge in [0.2, 0.25) is 11.8 Å². The van der Waals surface area contributed by atoms with Gasteiger partial charge in [0, 0.05) is 25.4 Å². The molecular weight excluding hydrogens is 334 g/mol. The number of carbonyl (C=O) groups is 3. The van der Waals surface area contributed by atoms with Crippen LogP contribution in [0.5, 0.6) is 0 Å². The van der Waals surface area contributed by atoms with Crippen molar-refractivity contribution >= 4 is 17.8 Å². The molecule has 1 rings (SSSR count). The average Bonchev–Trinajstić information content (AvgIpc) is 2.63. The molecule has 0 radical (unpaired) electrons. The van der Waals surface area contributed by atoms with Crippen molar-refractivity contribution in [3.63, 3.8) is 0 Å². The molecule has 1 heterocycles. The van der Waals surface area contributed by atoms with Gasteiger partial charge in [-0.2, -0.15) is 0 Å². The van der Waals surface area contributed by atoms with Crippen LogP contribution >= 0.6 is 0 Å². The van der Waals surface area contributed by atoms with E-state index in [2.05, 4.69) is 17.1 Å². The Kier molecular flexibility index (Phi) is 13.6. The SMILES string of the molecule is CC.CCCCCNC(=O)CCC(=O)N(CC(=O)O)C1CCN(C)CC1. The Morgan fingerprint density at radius 1 is 1.12 bits per heavy atom. The molecule has 2 amide bonds. The Hall–Kier alpha value is -1.63. The smallest absolute Gasteiger partial charge is 0.323 e. The van der Waals surface area contributed by atoms with Crippen LogP contribution in [0.3, 0.4) is 0 Å². The van der Waals surface area contributed by atoms with Crippen molar-refractivity contribution < 1.29 is 19.5 Å². The maximum absolute atomic E-state index is 12.4. The van der Waals surface area contributed by atoms with Gasteiger partial charge in [0.1, 0.15) is 6.54 Å². The van der Waals surface area contributed by atoms with Gasteiger partial charge in [0.15, 0.2) is 0 Å². The molecular formula is C19H37N3O4. The molecule has 7 heteroatoms. The summed E-state index contributed by atoms with van der Waals surface area (Å²) in [4.78, 5) is 38.9. The van der Waals surface area contributed by atoms with Gasteiger partial charge in [-0.05, 0) is 39.4 Å². The lowest BCUT2D eigenvalue weighted by Gasteiger charge is -2.36. The van der Waals surface area contributed by atoms with Gasteiger partial charge in [0.25, 0.3) is 0 Å². The van der Waals surface area contributed by atoms with Crippen LogP contribution in [0.15, 0.2) is 0 Å². The standard InChI is InChI=1S/C17H31N3O4.C2H6/c1-3-4-5-10-18-15(21)6-7-16(22)20(13-17(23)24)14-8-11-19(2)12-9-14;1-2/h14H,3-13H2,1-2H3,(H,18,21)(H,23,24);1-2H3. The van der Waals surface area contributed by atoms with Gasteiger partial charge in [-0.15, -0.1) is 0 Å². The summed E-state index contributed by atoms with van der Waals surface area (Å²) in [5, 5.41) is 11.9. The number of likely N-dealkylation sites (tertiary alicyclic amines) is 1. The first-order valence-electron chi connectivity index (χ1n) is 9.90. The number of piperidine rings is 1. The highest BCUT2D eigenvalue weighted by atomic mass is 16.4. The fourth-order valence-electron chi connectivity index (χ4n) is 2.93. The number of hydrogen-bond donors (Lipinski definition) is 2. The molecule has 2 N–H and O–H groups in total. The molecule has 0 atom stereocenters. The van der Waals surface area contributed by atoms with Gasteiger partial charge >= 0.3 is 5.97 Å². The van der Waals surface area contributed by atoms with Crippen LogP contribution in [0.2, 0.25) is 0 Å². The number of nitrogens with one attached hydrogen (secondary N) is 1. The Morgan fingerprint density at radius 2 is 1.73 bits per heavy atom. The molecule has 152 valence electrons. The number of carbonyl (C=O) groups excluding carboxylic acids is 2. The van der Waals surface area contributed by atoms with Crippen molar-refractivity contribution in [2.75, 3.05) is 33.2 Å². The van der Waals surface area contributed by atoms with Crippen molar-refractivity contribution in [1.82, 2.24) is 15.1 Å². The highest BCUT2D eigenvalue weighted by Gasteiger charge is 2.28. The van der Waals surface area contributed by atoms with Crippen LogP contribution in [-0.4, -0.2) is 72.0 Å². The van der Waals surface area contributed by atoms with E-state index in [0.29, 0.717) is 6.54 Å². The molecule has 26 heavy (non-hydrogen) atoms. The molecule has 0 unspecified atom stereocenters. The van der Waals surface area contributed by atoms with Crippen LogP contribution in [-0.2, 0) is 14.4 Å². The van der Waals surface area contributed by atoms with Crippen molar-refractivity contribution in [2.45, 2.75) is 71.8 Å². The third-order valence-electron chi connectivity index (χ3n) is 4.42. The van der Waals surface area contributed by atoms with E-state index in [0.717, 1.165) is 45.2 Å². The van der Waals surface area contributed by atoms with E-state index >= 15 is 0 Å². The fourth-order valence-corrected chi connectivity index (χ4v) is 2.93. The van der Waals surface area contributed by atoms with Crippen LogP contribution in [0.4, 0.5) is 0 Å². The molecule has 1 aliphatic rings. The lowest BCUT2D eigenvalue weighted by Crippen LogP contribution is -2.48. The second-order valence-electron chi connectivity index (χ2n) is 6.51. The summed E-state index contributed by atoms with van der Waals surface area (Å²) in [7, 11) is 2.02. The Labute approximate surface area is 158 Å². The Bertz CT molecular complexity index is 421. The minimum atomic E-state index is -1.01. The fraction of sp³-hybridized carbons (Fsp3) is 0.842. The summed E-state index contributed by atoms with van der Waals surface area (Å²) in [6.45, 7) is 8.15. The first-order chi connectivity index (χ1) is 12.4. The molecule has 7 nitrogen and oxygen atoms in total. The predicted molar refractivity (Wildman–Crippen MR) is 103 cm³/mol. The van der Waals surface area contributed by atoms with Gasteiger partial charge < -0.3 is 20.2 Å². The van der Waals surface area contributed by atoms with E-state index in [9.17, 15) is 14.4 Å². The highest BCUT2D eigenvalue weighted by molar-refractivity contribution is 5.86. The molecule has 0 aliphatic carbocycles. The molecule has 1 aliphatic heterocycles. The van der Waals surface area contributed by atoms with Gasteiger partial charge in [-0.1, -0.05) is 33.6 Å². The first-order valence-corrected chi connectivity index (χ1v) is 9.90. The van der Waals surface area contributed by atoms with Gasteiger partial charge in [-0.3, -0.25) is 14.4 Å². The van der Waals surface area contributed by atoms with E-state index in [1.54, 1.807) is 0 Å². The normalized spacial score (nSPS) is 14.9. The Balaban J connectivity index is 0.00000301. The van der Waals surface area contributed by atoms with Crippen molar-refractivity contribution in [3.05, 3.63) is 0 Å². The Morgan fingerprint density at radius 3 is 2.27 bits per heavy atom. The number of carboxylic acid groups (broad SMARTS) is 1. The number of unbranched alkanes of at least 4 members (excludes halogenated alkanes) is 2. The summed E-state index contributed by atoms with van der Waals surface area (Å²) in [6.07, 6.45) is 4.85. The average molecular weight is 372 g/mol. The zero-order chi connectivity index (χ0) is 19.9. The number of rotatable bonds is 10. The van der Waals surface area contributed by atoms with E-state index in [1.807, 2.05) is 20.9 Å². The van der Waals surface area contributed by atoms with E-state index in [1.165, 1.54) is 4.90 Å². The second-order valence-corrected chi connectivity index (χ2v) is 6.51. The predicted octanol–water partition coefficient (Wildman–Crippen LogP) is 2.11. The number of hydrogen-bond acceptors (Lipinski definition) is 4. The maximum Gasteiger partial charge on any atom is 0.323 e. The lowest BCUT2D eigenvalue weighted by atomic mass is 10.0. The third-order valence-corrected chi connectivity index (χ3v) is 4.42. The minimum Gasteiger partial charge on any atom is -0.480 e. The molecule has 0 spiro atoms. The quantitative estimate of drug-likeness (QED) is 0.574. The molecule has 0 aromatic heterocycles. The second kappa shape index (κ2) is 14.5. The minimum absolute atomic E-state index is 0.0441. The number of aliphatic carboxylic acids is 1. The number of carboxylic acids is 1. The van der Waals surface area contributed by atoms with Crippen LogP contribution in [0.25, 0.3) is 0 Å². The zero-order valence-electron chi connectivity index (χ0n) is 16.9. The highest BCUT2D eigenvalue weighted by Crippen LogP contribution is 2.17. The molecule has 0 aromatic carbocycles. The summed E-state index contributed by atoms with van der Waals surface area (Å²) >= 11 is 0. The van der Waals surface area contributed by atoms with Crippen LogP contribution in [0.1, 0.15) is 65.7 Å². The molecule has 0 bridgehead atoms. The molecule has 1 fully saturated rings. The maximum atomic E-state index is 12.4. The summed E-state index contributed by atoms with van der Waals surface area (Å²) in [5.41, 5.74) is 0. The van der Waals surface area contributed by atoms with E-state index in [-0.39, 0.29) is 37.2 Å². The third kappa shape index (κ3) is 10.4. The van der Waals surface area contributed by atoms with Crippen LogP contribution < -0.4 is 5.32 Å². The summed E-state index contributed by atoms with van der Waals surface area (Å²) in [6, 6.07) is -0.0441. The van der Waals surface area contributed by atoms with Gasteiger partial charge in [-0.25, -0.2) is 0 Å². The monoisotopic (exact) mass is 371 g/mol. The van der Waals surface area contributed by atoms with Crippen LogP contribution in [0, 0.1) is 0 Å². The largest absolute Gasteiger partial charge is 0.480 e. The first kappa shape index (κ1) is 24.4. The summed E-state index contributed by atoms with van der Waals surface area (Å²) in [5.74, 6) is -1.39. The molecule has 0 saturated carbocycles. The van der Waals surface area contributed by atoms with E-state index in [4.69, 9.17) is 5.11 Å². The van der Waals surface area contributed by atoms with Crippen molar-refractivity contribution in [3.8, 4) is 0 Å². The lowest BCUT2D eigenvalue weighted by molar-refractivity contribution is -0.147. The van der Waals surface area contributed by atoms with E-state index < -0.39 is 5.97 Å². The summed E-state index contributed by atoms with van der Waals surface area (Å²) < 4.78 is 0. The molecule has 0 aromatic rings.